The number of aliphatic hydroxyl groups is 1. The maximum atomic E-state index is 13.5. The summed E-state index contributed by atoms with van der Waals surface area (Å²) in [6.07, 6.45) is -0.799. The van der Waals surface area contributed by atoms with Gasteiger partial charge in [0.25, 0.3) is 0 Å². The van der Waals surface area contributed by atoms with Crippen LogP contribution in [0.15, 0.2) is 36.4 Å². The van der Waals surface area contributed by atoms with Crippen LogP contribution in [0.2, 0.25) is 0 Å². The maximum absolute atomic E-state index is 13.5. The fraction of sp³-hybridized carbons (Fsp3) is 0.571. The zero-order chi connectivity index (χ0) is 26.9. The van der Waals surface area contributed by atoms with Gasteiger partial charge in [0.2, 0.25) is 10.0 Å². The molecule has 1 aliphatic heterocycles. The van der Waals surface area contributed by atoms with Crippen LogP contribution in [-0.4, -0.2) is 50.6 Å². The van der Waals surface area contributed by atoms with E-state index in [0.29, 0.717) is 18.5 Å². The number of benzene rings is 2. The Balaban J connectivity index is 1.98. The molecule has 1 fully saturated rings. The van der Waals surface area contributed by atoms with E-state index in [1.165, 1.54) is 4.31 Å². The number of ether oxygens (including phenoxy) is 3. The van der Waals surface area contributed by atoms with Gasteiger partial charge in [-0.2, -0.15) is 4.31 Å². The van der Waals surface area contributed by atoms with Gasteiger partial charge >= 0.3 is 0 Å². The van der Waals surface area contributed by atoms with Gasteiger partial charge in [0.05, 0.1) is 13.2 Å². The van der Waals surface area contributed by atoms with Gasteiger partial charge < -0.3 is 19.3 Å². The molecule has 2 aromatic carbocycles. The molecule has 0 spiro atoms. The summed E-state index contributed by atoms with van der Waals surface area (Å²) in [5.41, 5.74) is 2.69. The third-order valence-corrected chi connectivity index (χ3v) is 8.96. The second-order valence-corrected chi connectivity index (χ2v) is 13.6. The largest absolute Gasteiger partial charge is 0.497 e. The average molecular weight is 520 g/mol. The van der Waals surface area contributed by atoms with Gasteiger partial charge in [-0.05, 0) is 52.6 Å². The van der Waals surface area contributed by atoms with Crippen LogP contribution in [0.3, 0.4) is 0 Å². The molecule has 2 unspecified atom stereocenters. The first-order chi connectivity index (χ1) is 16.7. The van der Waals surface area contributed by atoms with E-state index in [4.69, 9.17) is 14.2 Å². The Labute approximate surface area is 216 Å². The number of sulfonamides is 1. The SMILES string of the molecule is COCOc1c(C(C)(C)C)cc(C(O)C2CCN(Cc3ccc(OC)cc3)S2(=O)=O)cc1C(C)(C)C. The van der Waals surface area contributed by atoms with Crippen LogP contribution in [0.25, 0.3) is 0 Å². The van der Waals surface area contributed by atoms with Crippen LogP contribution in [0, 0.1) is 0 Å². The lowest BCUT2D eigenvalue weighted by Gasteiger charge is -2.32. The van der Waals surface area contributed by atoms with E-state index >= 15 is 0 Å². The van der Waals surface area contributed by atoms with Crippen molar-refractivity contribution in [3.63, 3.8) is 0 Å². The summed E-state index contributed by atoms with van der Waals surface area (Å²) in [6.45, 7) is 13.2. The van der Waals surface area contributed by atoms with Crippen molar-refractivity contribution in [1.82, 2.24) is 4.31 Å². The van der Waals surface area contributed by atoms with E-state index in [-0.39, 0.29) is 24.2 Å². The quantitative estimate of drug-likeness (QED) is 0.499. The van der Waals surface area contributed by atoms with Gasteiger partial charge in [-0.25, -0.2) is 8.42 Å². The number of hydrogen-bond donors (Lipinski definition) is 1. The molecule has 1 heterocycles. The molecule has 0 aliphatic carbocycles. The van der Waals surface area contributed by atoms with Gasteiger partial charge in [-0.15, -0.1) is 0 Å². The summed E-state index contributed by atoms with van der Waals surface area (Å²) >= 11 is 0. The topological polar surface area (TPSA) is 85.3 Å². The van der Waals surface area contributed by atoms with Gasteiger partial charge in [0.15, 0.2) is 6.79 Å². The molecule has 7 nitrogen and oxygen atoms in total. The van der Waals surface area contributed by atoms with E-state index in [1.54, 1.807) is 14.2 Å². The first kappa shape index (κ1) is 28.4. The van der Waals surface area contributed by atoms with Crippen molar-refractivity contribution >= 4 is 10.0 Å². The average Bonchev–Trinajstić information content (AvgIpc) is 3.09. The molecule has 2 atom stereocenters. The summed E-state index contributed by atoms with van der Waals surface area (Å²) in [5.74, 6) is 1.45. The minimum absolute atomic E-state index is 0.103. The second-order valence-electron chi connectivity index (χ2n) is 11.5. The van der Waals surface area contributed by atoms with Gasteiger partial charge in [0, 0.05) is 31.3 Å². The predicted octanol–water partition coefficient (Wildman–Crippen LogP) is 4.91. The van der Waals surface area contributed by atoms with Crippen molar-refractivity contribution in [1.29, 1.82) is 0 Å². The van der Waals surface area contributed by atoms with Gasteiger partial charge in [-0.3, -0.25) is 0 Å². The van der Waals surface area contributed by atoms with Crippen LogP contribution in [-0.2, 0) is 32.1 Å². The Morgan fingerprint density at radius 2 is 1.56 bits per heavy atom. The summed E-state index contributed by atoms with van der Waals surface area (Å²) in [4.78, 5) is 0. The highest BCUT2D eigenvalue weighted by Gasteiger charge is 2.44. The molecule has 2 aromatic rings. The van der Waals surface area contributed by atoms with Gasteiger partial charge in [-0.1, -0.05) is 53.7 Å². The lowest BCUT2D eigenvalue weighted by atomic mass is 9.77. The third-order valence-electron chi connectivity index (χ3n) is 6.67. The van der Waals surface area contributed by atoms with Crippen LogP contribution < -0.4 is 9.47 Å². The molecule has 0 aromatic heterocycles. The van der Waals surface area contributed by atoms with Crippen LogP contribution in [0.5, 0.6) is 11.5 Å². The van der Waals surface area contributed by atoms with Crippen LogP contribution in [0.4, 0.5) is 0 Å². The second kappa shape index (κ2) is 10.7. The molecule has 3 rings (SSSR count). The fourth-order valence-electron chi connectivity index (χ4n) is 4.59. The highest BCUT2D eigenvalue weighted by atomic mass is 32.2. The standard InChI is InChI=1S/C28H41NO6S/c1-27(2,3)22-15-20(16-23(28(4,5)6)26(22)35-18-33-7)25(30)24-13-14-29(36(24,31)32)17-19-9-11-21(34-8)12-10-19/h9-12,15-16,24-25,30H,13-14,17-18H2,1-8H3. The number of rotatable bonds is 8. The normalized spacial score (nSPS) is 19.3. The first-order valence-corrected chi connectivity index (χ1v) is 13.8. The molecular weight excluding hydrogens is 478 g/mol. The Morgan fingerprint density at radius 3 is 2.03 bits per heavy atom. The van der Waals surface area contributed by atoms with E-state index < -0.39 is 21.4 Å². The fourth-order valence-corrected chi connectivity index (χ4v) is 6.55. The summed E-state index contributed by atoms with van der Waals surface area (Å²) in [5, 5.41) is 10.6. The Bertz CT molecular complexity index is 1110. The minimum atomic E-state index is -3.71. The van der Waals surface area contributed by atoms with Gasteiger partial charge in [0.1, 0.15) is 16.7 Å². The molecule has 36 heavy (non-hydrogen) atoms. The molecule has 0 bridgehead atoms. The molecule has 200 valence electrons. The molecule has 0 amide bonds. The van der Waals surface area contributed by atoms with Crippen molar-refractivity contribution in [2.75, 3.05) is 27.6 Å². The molecule has 0 saturated carbocycles. The first-order valence-electron chi connectivity index (χ1n) is 12.3. The van der Waals surface area contributed by atoms with Crippen LogP contribution in [0.1, 0.15) is 76.3 Å². The van der Waals surface area contributed by atoms with Crippen molar-refractivity contribution in [3.05, 3.63) is 58.7 Å². The van der Waals surface area contributed by atoms with E-state index in [1.807, 2.05) is 36.4 Å². The van der Waals surface area contributed by atoms with Crippen molar-refractivity contribution in [2.24, 2.45) is 0 Å². The smallest absolute Gasteiger partial charge is 0.220 e. The maximum Gasteiger partial charge on any atom is 0.220 e. The molecule has 1 N–H and O–H groups in total. The lowest BCUT2D eigenvalue weighted by molar-refractivity contribution is 0.0483. The highest BCUT2D eigenvalue weighted by molar-refractivity contribution is 7.90. The Kier molecular flexibility index (Phi) is 8.45. The van der Waals surface area contributed by atoms with E-state index in [0.717, 1.165) is 28.2 Å². The molecule has 0 radical (unpaired) electrons. The highest BCUT2D eigenvalue weighted by Crippen LogP contribution is 2.43. The summed E-state index contributed by atoms with van der Waals surface area (Å²) < 4.78 is 44.9. The summed E-state index contributed by atoms with van der Waals surface area (Å²) in [6, 6.07) is 11.2. The number of hydrogen-bond acceptors (Lipinski definition) is 6. The van der Waals surface area contributed by atoms with E-state index in [9.17, 15) is 13.5 Å². The van der Waals surface area contributed by atoms with Crippen molar-refractivity contribution in [3.8, 4) is 11.5 Å². The Hall–Kier alpha value is -2.13. The number of methoxy groups -OCH3 is 2. The zero-order valence-corrected chi connectivity index (χ0v) is 23.6. The lowest BCUT2D eigenvalue weighted by Crippen LogP contribution is -2.32. The molecule has 1 aliphatic rings. The van der Waals surface area contributed by atoms with Crippen molar-refractivity contribution < 1.29 is 27.7 Å². The molecule has 8 heteroatoms. The Morgan fingerprint density at radius 1 is 1.00 bits per heavy atom. The number of nitrogens with zero attached hydrogens (tertiary/aromatic N) is 1. The molecule has 1 saturated heterocycles. The molecular formula is C28H41NO6S. The van der Waals surface area contributed by atoms with Crippen LogP contribution >= 0.6 is 0 Å². The zero-order valence-electron chi connectivity index (χ0n) is 22.8. The summed E-state index contributed by atoms with van der Waals surface area (Å²) in [7, 11) is -0.536. The third kappa shape index (κ3) is 6.05. The van der Waals surface area contributed by atoms with Crippen molar-refractivity contribution in [2.45, 2.75) is 76.7 Å². The predicted molar refractivity (Wildman–Crippen MR) is 142 cm³/mol. The number of aliphatic hydroxyl groups excluding tert-OH is 1. The van der Waals surface area contributed by atoms with E-state index in [2.05, 4.69) is 41.5 Å². The minimum Gasteiger partial charge on any atom is -0.497 e. The monoisotopic (exact) mass is 519 g/mol.